The van der Waals surface area contributed by atoms with Gasteiger partial charge in [-0.25, -0.2) is 9.78 Å². The van der Waals surface area contributed by atoms with Crippen molar-refractivity contribution in [3.8, 4) is 0 Å². The fraction of sp³-hybridized carbons (Fsp3) is 0.682. The maximum atomic E-state index is 13.4. The summed E-state index contributed by atoms with van der Waals surface area (Å²) in [4.78, 5) is 60.7. The van der Waals surface area contributed by atoms with E-state index in [0.717, 1.165) is 6.42 Å². The van der Waals surface area contributed by atoms with Crippen LogP contribution in [0.1, 0.15) is 51.6 Å². The molecule has 1 aromatic heterocycles. The highest BCUT2D eigenvalue weighted by Crippen LogP contribution is 2.26. The second-order valence-corrected chi connectivity index (χ2v) is 8.97. The van der Waals surface area contributed by atoms with E-state index in [9.17, 15) is 24.3 Å². The third-order valence-corrected chi connectivity index (χ3v) is 6.80. The molecular weight excluding hydrogens is 428 g/mol. The van der Waals surface area contributed by atoms with Crippen LogP contribution < -0.4 is 11.1 Å². The van der Waals surface area contributed by atoms with E-state index in [-0.39, 0.29) is 24.2 Å². The highest BCUT2D eigenvalue weighted by molar-refractivity contribution is 5.95. The Bertz CT molecular complexity index is 859. The molecule has 2 aliphatic heterocycles. The minimum Gasteiger partial charge on any atom is -0.480 e. The maximum absolute atomic E-state index is 13.4. The summed E-state index contributed by atoms with van der Waals surface area (Å²) in [6, 6.07) is -3.21. The van der Waals surface area contributed by atoms with Crippen molar-refractivity contribution in [1.29, 1.82) is 0 Å². The predicted molar refractivity (Wildman–Crippen MR) is 119 cm³/mol. The molecule has 0 aliphatic carbocycles. The van der Waals surface area contributed by atoms with Crippen molar-refractivity contribution in [2.24, 2.45) is 11.7 Å². The van der Waals surface area contributed by atoms with Gasteiger partial charge in [0.15, 0.2) is 0 Å². The molecular formula is C22H34N6O5. The Morgan fingerprint density at radius 1 is 1.21 bits per heavy atom. The minimum absolute atomic E-state index is 0.00184. The number of carboxylic acid groups (broad SMARTS) is 1. The summed E-state index contributed by atoms with van der Waals surface area (Å²) in [6.45, 7) is 4.74. The lowest BCUT2D eigenvalue weighted by molar-refractivity contribution is -0.148. The smallest absolute Gasteiger partial charge is 0.326 e. The standard InChI is InChI=1S/C22H34N6O5/c1-3-13(2)18(23)21(31)28-9-5-7-17(28)20(30)27-8-4-6-16(27)19(29)26-15(22(32)33)10-14-11-24-12-25-14/h11-13,15-18H,3-10,23H2,1-2H3,(H,24,25)(H,26,29)(H,32,33). The number of aliphatic carboxylic acids is 1. The second-order valence-electron chi connectivity index (χ2n) is 8.97. The molecule has 2 aliphatic rings. The van der Waals surface area contributed by atoms with Crippen LogP contribution in [0.25, 0.3) is 0 Å². The number of aromatic amines is 1. The molecule has 2 saturated heterocycles. The maximum Gasteiger partial charge on any atom is 0.326 e. The number of imidazole rings is 1. The largest absolute Gasteiger partial charge is 0.480 e. The number of hydrogen-bond acceptors (Lipinski definition) is 6. The number of nitrogens with one attached hydrogen (secondary N) is 2. The van der Waals surface area contributed by atoms with Crippen LogP contribution in [0, 0.1) is 5.92 Å². The molecule has 0 radical (unpaired) electrons. The molecule has 0 aromatic carbocycles. The van der Waals surface area contributed by atoms with Crippen molar-refractivity contribution in [1.82, 2.24) is 25.1 Å². The van der Waals surface area contributed by atoms with Gasteiger partial charge in [-0.1, -0.05) is 20.3 Å². The highest BCUT2D eigenvalue weighted by Gasteiger charge is 2.43. The van der Waals surface area contributed by atoms with E-state index in [0.29, 0.717) is 44.5 Å². The lowest BCUT2D eigenvalue weighted by Gasteiger charge is -2.33. The van der Waals surface area contributed by atoms with E-state index in [4.69, 9.17) is 5.73 Å². The third-order valence-electron chi connectivity index (χ3n) is 6.80. The predicted octanol–water partition coefficient (Wildman–Crippen LogP) is -0.123. The molecule has 1 aromatic rings. The number of carboxylic acids is 1. The van der Waals surface area contributed by atoms with E-state index in [2.05, 4.69) is 15.3 Å². The first-order valence-electron chi connectivity index (χ1n) is 11.6. The Kier molecular flexibility index (Phi) is 8.06. The molecule has 2 fully saturated rings. The summed E-state index contributed by atoms with van der Waals surface area (Å²) < 4.78 is 0. The van der Waals surface area contributed by atoms with Gasteiger partial charge in [-0.2, -0.15) is 0 Å². The summed E-state index contributed by atoms with van der Waals surface area (Å²) in [5, 5.41) is 12.1. The normalized spacial score (nSPS) is 23.2. The number of hydrogen-bond donors (Lipinski definition) is 4. The molecule has 182 valence electrons. The second kappa shape index (κ2) is 10.8. The van der Waals surface area contributed by atoms with Gasteiger partial charge in [0, 0.05) is 31.4 Å². The fourth-order valence-corrected chi connectivity index (χ4v) is 4.55. The topological polar surface area (TPSA) is 162 Å². The fourth-order valence-electron chi connectivity index (χ4n) is 4.55. The van der Waals surface area contributed by atoms with E-state index in [1.54, 1.807) is 4.90 Å². The lowest BCUT2D eigenvalue weighted by Crippen LogP contribution is -2.57. The molecule has 0 spiro atoms. The molecule has 5 N–H and O–H groups in total. The molecule has 33 heavy (non-hydrogen) atoms. The van der Waals surface area contributed by atoms with E-state index in [1.165, 1.54) is 17.4 Å². The summed E-state index contributed by atoms with van der Waals surface area (Å²) in [7, 11) is 0. The quantitative estimate of drug-likeness (QED) is 0.397. The molecule has 0 bridgehead atoms. The number of amides is 3. The SMILES string of the molecule is CCC(C)C(N)C(=O)N1CCCC1C(=O)N1CCCC1C(=O)NC(Cc1cnc[nH]1)C(=O)O. The summed E-state index contributed by atoms with van der Waals surface area (Å²) in [6.07, 6.45) is 6.07. The first-order valence-corrected chi connectivity index (χ1v) is 11.6. The van der Waals surface area contributed by atoms with Crippen molar-refractivity contribution >= 4 is 23.7 Å². The van der Waals surface area contributed by atoms with E-state index < -0.39 is 36.0 Å². The van der Waals surface area contributed by atoms with Gasteiger partial charge in [0.25, 0.3) is 0 Å². The van der Waals surface area contributed by atoms with Crippen LogP contribution in [-0.2, 0) is 25.6 Å². The Hall–Kier alpha value is -2.95. The Morgan fingerprint density at radius 2 is 1.88 bits per heavy atom. The molecule has 3 heterocycles. The summed E-state index contributed by atoms with van der Waals surface area (Å²) in [5.74, 6) is -2.16. The molecule has 3 amide bonds. The van der Waals surface area contributed by atoms with Gasteiger partial charge in [0.05, 0.1) is 12.4 Å². The summed E-state index contributed by atoms with van der Waals surface area (Å²) in [5.41, 5.74) is 6.72. The first kappa shape index (κ1) is 24.7. The van der Waals surface area contributed by atoms with Gasteiger partial charge in [-0.15, -0.1) is 0 Å². The number of rotatable bonds is 9. The van der Waals surface area contributed by atoms with Crippen LogP contribution in [0.15, 0.2) is 12.5 Å². The molecule has 0 saturated carbocycles. The zero-order valence-corrected chi connectivity index (χ0v) is 19.2. The van der Waals surface area contributed by atoms with Crippen molar-refractivity contribution in [2.45, 2.75) is 76.5 Å². The molecule has 11 heteroatoms. The van der Waals surface area contributed by atoms with Gasteiger partial charge < -0.3 is 30.9 Å². The van der Waals surface area contributed by atoms with Crippen LogP contribution in [-0.4, -0.2) is 85.8 Å². The number of carbonyl (C=O) groups is 4. The van der Waals surface area contributed by atoms with Gasteiger partial charge in [-0.05, 0) is 31.6 Å². The van der Waals surface area contributed by atoms with Crippen molar-refractivity contribution in [3.63, 3.8) is 0 Å². The number of H-pyrrole nitrogens is 1. The van der Waals surface area contributed by atoms with Crippen LogP contribution in [0.5, 0.6) is 0 Å². The zero-order chi connectivity index (χ0) is 24.1. The monoisotopic (exact) mass is 462 g/mol. The number of nitrogens with two attached hydrogens (primary N) is 1. The molecule has 5 atom stereocenters. The number of likely N-dealkylation sites (tertiary alicyclic amines) is 2. The third kappa shape index (κ3) is 5.52. The van der Waals surface area contributed by atoms with Crippen molar-refractivity contribution in [2.75, 3.05) is 13.1 Å². The van der Waals surface area contributed by atoms with E-state index in [1.807, 2.05) is 13.8 Å². The average molecular weight is 463 g/mol. The summed E-state index contributed by atoms with van der Waals surface area (Å²) >= 11 is 0. The van der Waals surface area contributed by atoms with E-state index >= 15 is 0 Å². The molecule has 11 nitrogen and oxygen atoms in total. The van der Waals surface area contributed by atoms with Crippen LogP contribution in [0.2, 0.25) is 0 Å². The number of carbonyl (C=O) groups excluding carboxylic acids is 3. The number of aromatic nitrogens is 2. The van der Waals surface area contributed by atoms with Crippen molar-refractivity contribution < 1.29 is 24.3 Å². The average Bonchev–Trinajstić information content (AvgIpc) is 3.57. The Labute approximate surface area is 193 Å². The van der Waals surface area contributed by atoms with Crippen LogP contribution >= 0.6 is 0 Å². The molecule has 3 rings (SSSR count). The highest BCUT2D eigenvalue weighted by atomic mass is 16.4. The lowest BCUT2D eigenvalue weighted by atomic mass is 9.98. The van der Waals surface area contributed by atoms with Crippen LogP contribution in [0.3, 0.4) is 0 Å². The van der Waals surface area contributed by atoms with Crippen molar-refractivity contribution in [3.05, 3.63) is 18.2 Å². The Balaban J connectivity index is 1.68. The first-order chi connectivity index (χ1) is 15.7. The van der Waals surface area contributed by atoms with Gasteiger partial charge in [0.1, 0.15) is 18.1 Å². The number of nitrogens with zero attached hydrogens (tertiary/aromatic N) is 3. The van der Waals surface area contributed by atoms with Gasteiger partial charge >= 0.3 is 5.97 Å². The van der Waals surface area contributed by atoms with Gasteiger partial charge in [-0.3, -0.25) is 14.4 Å². The minimum atomic E-state index is -1.17. The van der Waals surface area contributed by atoms with Gasteiger partial charge in [0.2, 0.25) is 17.7 Å². The zero-order valence-electron chi connectivity index (χ0n) is 19.2. The Morgan fingerprint density at radius 3 is 2.48 bits per heavy atom. The van der Waals surface area contributed by atoms with Crippen LogP contribution in [0.4, 0.5) is 0 Å². The molecule has 5 unspecified atom stereocenters.